The molecule has 2 aromatic carbocycles. The van der Waals surface area contributed by atoms with Gasteiger partial charge in [-0.2, -0.15) is 5.10 Å². The van der Waals surface area contributed by atoms with E-state index >= 15 is 0 Å². The third-order valence-electron chi connectivity index (χ3n) is 4.38. The van der Waals surface area contributed by atoms with Crippen LogP contribution >= 0.6 is 11.3 Å². The van der Waals surface area contributed by atoms with Gasteiger partial charge in [-0.3, -0.25) is 5.43 Å². The van der Waals surface area contributed by atoms with Crippen molar-refractivity contribution < 1.29 is 0 Å². The molecule has 0 radical (unpaired) electrons. The molecule has 1 heterocycles. The highest BCUT2D eigenvalue weighted by atomic mass is 32.1. The van der Waals surface area contributed by atoms with Crippen LogP contribution in [0.2, 0.25) is 0 Å². The molecule has 0 aliphatic carbocycles. The lowest BCUT2D eigenvalue weighted by molar-refractivity contribution is 0.576. The number of hydrogen-bond acceptors (Lipinski definition) is 4. The monoisotopic (exact) mass is 365 g/mol. The minimum atomic E-state index is 0.0631. The van der Waals surface area contributed by atoms with E-state index < -0.39 is 0 Å². The van der Waals surface area contributed by atoms with Gasteiger partial charge in [0, 0.05) is 0 Å². The molecule has 0 bridgehead atoms. The number of rotatable bonds is 3. The molecule has 0 saturated heterocycles. The summed E-state index contributed by atoms with van der Waals surface area (Å²) >= 11 is 1.61. The lowest BCUT2D eigenvalue weighted by Crippen LogP contribution is -2.17. The van der Waals surface area contributed by atoms with Gasteiger partial charge in [0.1, 0.15) is 0 Å². The third-order valence-corrected chi connectivity index (χ3v) is 5.32. The van der Waals surface area contributed by atoms with Gasteiger partial charge in [0.25, 0.3) is 0 Å². The van der Waals surface area contributed by atoms with E-state index in [0.717, 1.165) is 20.9 Å². The summed E-state index contributed by atoms with van der Waals surface area (Å²) in [6, 6.07) is 14.9. The van der Waals surface area contributed by atoms with Crippen LogP contribution in [0, 0.1) is 0 Å². The summed E-state index contributed by atoms with van der Waals surface area (Å²) in [5.41, 5.74) is 8.03. The molecule has 3 aromatic rings. The number of anilines is 1. The van der Waals surface area contributed by atoms with Gasteiger partial charge in [0.05, 0.1) is 16.4 Å². The quantitative estimate of drug-likeness (QED) is 0.434. The Morgan fingerprint density at radius 1 is 0.962 bits per heavy atom. The Labute approximate surface area is 160 Å². The highest BCUT2D eigenvalue weighted by molar-refractivity contribution is 7.22. The van der Waals surface area contributed by atoms with E-state index in [1.54, 1.807) is 11.3 Å². The van der Waals surface area contributed by atoms with E-state index in [0.29, 0.717) is 0 Å². The number of hydrogen-bond donors (Lipinski definition) is 1. The molecular formula is C22H27N3S. The second-order valence-electron chi connectivity index (χ2n) is 8.66. The van der Waals surface area contributed by atoms with Crippen molar-refractivity contribution in [2.24, 2.45) is 5.10 Å². The zero-order valence-electron chi connectivity index (χ0n) is 16.4. The first-order valence-electron chi connectivity index (χ1n) is 8.94. The predicted octanol–water partition coefficient (Wildman–Crippen LogP) is 6.34. The lowest BCUT2D eigenvalue weighted by atomic mass is 9.79. The summed E-state index contributed by atoms with van der Waals surface area (Å²) in [5.74, 6) is 0. The van der Waals surface area contributed by atoms with Gasteiger partial charge >= 0.3 is 0 Å². The number of fused-ring (bicyclic) bond motifs is 1. The van der Waals surface area contributed by atoms with Crippen molar-refractivity contribution in [2.75, 3.05) is 5.43 Å². The maximum atomic E-state index is 4.57. The molecule has 0 fully saturated rings. The molecule has 0 aliphatic rings. The van der Waals surface area contributed by atoms with Gasteiger partial charge < -0.3 is 0 Å². The van der Waals surface area contributed by atoms with E-state index in [4.69, 9.17) is 0 Å². The normalized spacial score (nSPS) is 12.8. The second kappa shape index (κ2) is 6.84. The summed E-state index contributed by atoms with van der Waals surface area (Å²) < 4.78 is 1.16. The van der Waals surface area contributed by atoms with Crippen LogP contribution in [-0.2, 0) is 10.8 Å². The molecule has 3 nitrogen and oxygen atoms in total. The fourth-order valence-electron chi connectivity index (χ4n) is 2.90. The van der Waals surface area contributed by atoms with Crippen LogP contribution < -0.4 is 5.43 Å². The molecule has 0 unspecified atom stereocenters. The first-order valence-corrected chi connectivity index (χ1v) is 9.76. The van der Waals surface area contributed by atoms with E-state index in [-0.39, 0.29) is 10.8 Å². The highest BCUT2D eigenvalue weighted by Crippen LogP contribution is 2.30. The first-order chi connectivity index (χ1) is 12.1. The molecule has 3 rings (SSSR count). The minimum absolute atomic E-state index is 0.0631. The number of benzene rings is 2. The number of nitrogens with one attached hydrogen (secondary N) is 1. The highest BCUT2D eigenvalue weighted by Gasteiger charge is 2.20. The number of thiazole rings is 1. The summed E-state index contributed by atoms with van der Waals surface area (Å²) in [5, 5.41) is 5.29. The van der Waals surface area contributed by atoms with Crippen LogP contribution in [0.4, 0.5) is 5.13 Å². The smallest absolute Gasteiger partial charge is 0.204 e. The minimum Gasteiger partial charge on any atom is -0.253 e. The Morgan fingerprint density at radius 2 is 1.69 bits per heavy atom. The van der Waals surface area contributed by atoms with Crippen molar-refractivity contribution in [3.8, 4) is 0 Å². The van der Waals surface area contributed by atoms with Crippen LogP contribution in [0.15, 0.2) is 47.6 Å². The van der Waals surface area contributed by atoms with Crippen molar-refractivity contribution in [3.05, 3.63) is 59.2 Å². The molecule has 0 aliphatic heterocycles. The summed E-state index contributed by atoms with van der Waals surface area (Å²) in [7, 11) is 0. The second-order valence-corrected chi connectivity index (χ2v) is 9.69. The Hall–Kier alpha value is -2.20. The first kappa shape index (κ1) is 18.6. The van der Waals surface area contributed by atoms with Crippen molar-refractivity contribution in [2.45, 2.75) is 52.4 Å². The maximum absolute atomic E-state index is 4.57. The molecule has 0 atom stereocenters. The largest absolute Gasteiger partial charge is 0.253 e. The van der Waals surface area contributed by atoms with E-state index in [9.17, 15) is 0 Å². The fourth-order valence-corrected chi connectivity index (χ4v) is 3.71. The molecule has 1 N–H and O–H groups in total. The topological polar surface area (TPSA) is 37.3 Å². The predicted molar refractivity (Wildman–Crippen MR) is 115 cm³/mol. The van der Waals surface area contributed by atoms with E-state index in [1.165, 1.54) is 11.1 Å². The molecule has 0 amide bonds. The molecule has 1 aromatic heterocycles. The SMILES string of the molecule is CC(C)(C)c1ccc(C(C)(C)C)c(/C=N/Nc2nc3ccccc3s2)c1. The van der Waals surface area contributed by atoms with Gasteiger partial charge in [-0.1, -0.05) is 77.1 Å². The van der Waals surface area contributed by atoms with Gasteiger partial charge in [-0.25, -0.2) is 4.98 Å². The van der Waals surface area contributed by atoms with Crippen molar-refractivity contribution >= 4 is 32.9 Å². The average Bonchev–Trinajstić information content (AvgIpc) is 2.95. The summed E-state index contributed by atoms with van der Waals surface area (Å²) in [4.78, 5) is 4.57. The number of para-hydroxylation sites is 1. The number of aromatic nitrogens is 1. The van der Waals surface area contributed by atoms with Crippen LogP contribution in [0.5, 0.6) is 0 Å². The molecule has 0 spiro atoms. The lowest BCUT2D eigenvalue weighted by Gasteiger charge is -2.25. The molecule has 0 saturated carbocycles. The molecule has 26 heavy (non-hydrogen) atoms. The van der Waals surface area contributed by atoms with Gasteiger partial charge in [-0.05, 0) is 45.7 Å². The van der Waals surface area contributed by atoms with Crippen molar-refractivity contribution in [3.63, 3.8) is 0 Å². The van der Waals surface area contributed by atoms with Gasteiger partial charge in [0.15, 0.2) is 0 Å². The number of hydrazone groups is 1. The molecular weight excluding hydrogens is 338 g/mol. The molecule has 4 heteroatoms. The summed E-state index contributed by atoms with van der Waals surface area (Å²) in [6.45, 7) is 13.4. The third kappa shape index (κ3) is 4.13. The maximum Gasteiger partial charge on any atom is 0.204 e. The summed E-state index contributed by atoms with van der Waals surface area (Å²) in [6.07, 6.45) is 1.92. The van der Waals surface area contributed by atoms with Crippen LogP contribution in [-0.4, -0.2) is 11.2 Å². The Bertz CT molecular complexity index is 907. The van der Waals surface area contributed by atoms with Crippen molar-refractivity contribution in [1.82, 2.24) is 4.98 Å². The standard InChI is InChI=1S/C22H27N3S/c1-21(2,3)16-11-12-17(22(4,5)6)15(13-16)14-23-25-20-24-18-9-7-8-10-19(18)26-20/h7-14H,1-6H3,(H,24,25)/b23-14+. The fraction of sp³-hybridized carbons (Fsp3) is 0.364. The van der Waals surface area contributed by atoms with E-state index in [2.05, 4.69) is 81.3 Å². The average molecular weight is 366 g/mol. The zero-order valence-corrected chi connectivity index (χ0v) is 17.2. The number of nitrogens with zero attached hydrogens (tertiary/aromatic N) is 2. The van der Waals surface area contributed by atoms with E-state index in [1.807, 2.05) is 24.4 Å². The van der Waals surface area contributed by atoms with Gasteiger partial charge in [-0.15, -0.1) is 0 Å². The zero-order chi connectivity index (χ0) is 18.9. The van der Waals surface area contributed by atoms with Crippen LogP contribution in [0.1, 0.15) is 58.2 Å². The Morgan fingerprint density at radius 3 is 2.35 bits per heavy atom. The Kier molecular flexibility index (Phi) is 4.89. The van der Waals surface area contributed by atoms with Crippen LogP contribution in [0.3, 0.4) is 0 Å². The Balaban J connectivity index is 1.90. The van der Waals surface area contributed by atoms with Gasteiger partial charge in [0.2, 0.25) is 5.13 Å². The molecule has 136 valence electrons. The van der Waals surface area contributed by atoms with Crippen molar-refractivity contribution in [1.29, 1.82) is 0 Å². The van der Waals surface area contributed by atoms with Crippen LogP contribution in [0.25, 0.3) is 10.2 Å².